The molecule has 1 heterocycles. The number of rotatable bonds is 6. The molecule has 0 aliphatic rings. The average molecular weight is 377 g/mol. The van der Waals surface area contributed by atoms with E-state index in [1.165, 1.54) is 16.8 Å². The number of amides is 3. The van der Waals surface area contributed by atoms with Crippen LogP contribution in [0, 0.1) is 0 Å². The normalized spacial score (nSPS) is 10.0. The van der Waals surface area contributed by atoms with Crippen LogP contribution in [0.3, 0.4) is 0 Å². The lowest BCUT2D eigenvalue weighted by atomic mass is 10.2. The van der Waals surface area contributed by atoms with E-state index in [1.54, 1.807) is 36.4 Å². The van der Waals surface area contributed by atoms with Gasteiger partial charge in [-0.1, -0.05) is 17.7 Å². The van der Waals surface area contributed by atoms with Gasteiger partial charge in [0.25, 0.3) is 17.4 Å². The van der Waals surface area contributed by atoms with E-state index in [1.807, 2.05) is 0 Å². The molecule has 1 aromatic carbocycles. The second kappa shape index (κ2) is 9.38. The Kier molecular flexibility index (Phi) is 6.92. The van der Waals surface area contributed by atoms with Gasteiger partial charge in [-0.25, -0.2) is 0 Å². The van der Waals surface area contributed by atoms with Crippen LogP contribution in [0.25, 0.3) is 0 Å². The third kappa shape index (κ3) is 6.06. The molecule has 2 rings (SSSR count). The van der Waals surface area contributed by atoms with Gasteiger partial charge in [0, 0.05) is 35.8 Å². The van der Waals surface area contributed by atoms with Crippen molar-refractivity contribution in [2.45, 2.75) is 13.0 Å². The molecule has 136 valence electrons. The van der Waals surface area contributed by atoms with Crippen molar-refractivity contribution < 1.29 is 14.4 Å². The van der Waals surface area contributed by atoms with Crippen LogP contribution < -0.4 is 21.7 Å². The Morgan fingerprint density at radius 3 is 2.35 bits per heavy atom. The number of aromatic nitrogens is 1. The van der Waals surface area contributed by atoms with Crippen molar-refractivity contribution in [1.82, 2.24) is 20.7 Å². The number of benzene rings is 1. The maximum Gasteiger partial charge on any atom is 0.258 e. The Bertz CT molecular complexity index is 848. The topological polar surface area (TPSA) is 109 Å². The number of hydrazine groups is 1. The van der Waals surface area contributed by atoms with Gasteiger partial charge in [-0.2, -0.15) is 0 Å². The lowest BCUT2D eigenvalue weighted by Gasteiger charge is -2.09. The second-order valence-corrected chi connectivity index (χ2v) is 5.71. The summed E-state index contributed by atoms with van der Waals surface area (Å²) < 4.78 is 1.20. The first-order chi connectivity index (χ1) is 12.5. The molecule has 0 spiro atoms. The maximum atomic E-state index is 11.9. The SMILES string of the molecule is O=C(CCNC(=O)c1ccc(Cl)cc1)NNC(=O)Cn1ccccc1=O. The number of carbonyl (C=O) groups excluding carboxylic acids is 3. The van der Waals surface area contributed by atoms with Crippen LogP contribution in [0.15, 0.2) is 53.5 Å². The Labute approximate surface area is 154 Å². The zero-order chi connectivity index (χ0) is 18.9. The van der Waals surface area contributed by atoms with Crippen molar-refractivity contribution in [2.75, 3.05) is 6.54 Å². The fourth-order valence-electron chi connectivity index (χ4n) is 1.98. The van der Waals surface area contributed by atoms with Crippen LogP contribution in [0.4, 0.5) is 0 Å². The third-order valence-electron chi connectivity index (χ3n) is 3.30. The van der Waals surface area contributed by atoms with Crippen molar-refractivity contribution in [1.29, 1.82) is 0 Å². The molecule has 26 heavy (non-hydrogen) atoms. The Hall–Kier alpha value is -3.13. The predicted octanol–water partition coefficient (Wildman–Crippen LogP) is 0.469. The quantitative estimate of drug-likeness (QED) is 0.636. The van der Waals surface area contributed by atoms with E-state index >= 15 is 0 Å². The minimum atomic E-state index is -0.545. The molecule has 0 bridgehead atoms. The number of halogens is 1. The van der Waals surface area contributed by atoms with Crippen LogP contribution in [-0.2, 0) is 16.1 Å². The summed E-state index contributed by atoms with van der Waals surface area (Å²) >= 11 is 5.74. The minimum absolute atomic E-state index is 0.0229. The van der Waals surface area contributed by atoms with Crippen molar-refractivity contribution in [3.8, 4) is 0 Å². The van der Waals surface area contributed by atoms with Crippen molar-refractivity contribution in [2.24, 2.45) is 0 Å². The van der Waals surface area contributed by atoms with Crippen LogP contribution in [-0.4, -0.2) is 28.8 Å². The van der Waals surface area contributed by atoms with E-state index in [9.17, 15) is 19.2 Å². The molecule has 3 N–H and O–H groups in total. The first kappa shape index (κ1) is 19.2. The number of nitrogens with one attached hydrogen (secondary N) is 3. The van der Waals surface area contributed by atoms with Gasteiger partial charge in [0.1, 0.15) is 6.54 Å². The van der Waals surface area contributed by atoms with Gasteiger partial charge < -0.3 is 9.88 Å². The molecular weight excluding hydrogens is 360 g/mol. The highest BCUT2D eigenvalue weighted by molar-refractivity contribution is 6.30. The second-order valence-electron chi connectivity index (χ2n) is 5.28. The van der Waals surface area contributed by atoms with Gasteiger partial charge in [0.15, 0.2) is 0 Å². The Balaban J connectivity index is 1.68. The fourth-order valence-corrected chi connectivity index (χ4v) is 2.11. The minimum Gasteiger partial charge on any atom is -0.352 e. The monoisotopic (exact) mass is 376 g/mol. The first-order valence-corrected chi connectivity index (χ1v) is 8.10. The highest BCUT2D eigenvalue weighted by Crippen LogP contribution is 2.09. The average Bonchev–Trinajstić information content (AvgIpc) is 2.62. The maximum absolute atomic E-state index is 11.9. The summed E-state index contributed by atoms with van der Waals surface area (Å²) in [6.45, 7) is -0.117. The molecule has 9 heteroatoms. The highest BCUT2D eigenvalue weighted by Gasteiger charge is 2.08. The summed E-state index contributed by atoms with van der Waals surface area (Å²) in [7, 11) is 0. The highest BCUT2D eigenvalue weighted by atomic mass is 35.5. The van der Waals surface area contributed by atoms with Crippen LogP contribution >= 0.6 is 11.6 Å². The molecule has 0 unspecified atom stereocenters. The van der Waals surface area contributed by atoms with E-state index in [0.29, 0.717) is 10.6 Å². The molecule has 1 aromatic heterocycles. The zero-order valence-corrected chi connectivity index (χ0v) is 14.5. The summed E-state index contributed by atoms with van der Waals surface area (Å²) in [5, 5.41) is 3.11. The number of hydrogen-bond donors (Lipinski definition) is 3. The fraction of sp³-hybridized carbons (Fsp3) is 0.176. The number of hydrogen-bond acceptors (Lipinski definition) is 4. The molecule has 0 atom stereocenters. The molecule has 2 aromatic rings. The van der Waals surface area contributed by atoms with Crippen LogP contribution in [0.1, 0.15) is 16.8 Å². The van der Waals surface area contributed by atoms with Gasteiger partial charge in [-0.3, -0.25) is 30.0 Å². The standard InChI is InChI=1S/C17H17ClN4O4/c18-13-6-4-12(5-7-13)17(26)19-9-8-14(23)20-21-15(24)11-22-10-2-1-3-16(22)25/h1-7,10H,8-9,11H2,(H,19,26)(H,20,23)(H,21,24). The Morgan fingerprint density at radius 1 is 0.962 bits per heavy atom. The van der Waals surface area contributed by atoms with Gasteiger partial charge in [0.05, 0.1) is 0 Å². The van der Waals surface area contributed by atoms with E-state index in [0.717, 1.165) is 0 Å². The number of pyridine rings is 1. The number of nitrogens with zero attached hydrogens (tertiary/aromatic N) is 1. The van der Waals surface area contributed by atoms with Crippen LogP contribution in [0.2, 0.25) is 5.02 Å². The molecule has 0 saturated carbocycles. The summed E-state index contributed by atoms with van der Waals surface area (Å²) in [5.74, 6) is -1.35. The molecule has 0 radical (unpaired) electrons. The zero-order valence-electron chi connectivity index (χ0n) is 13.7. The largest absolute Gasteiger partial charge is 0.352 e. The number of carbonyl (C=O) groups is 3. The van der Waals surface area contributed by atoms with E-state index in [-0.39, 0.29) is 31.0 Å². The molecule has 0 aliphatic carbocycles. The van der Waals surface area contributed by atoms with Gasteiger partial charge in [-0.05, 0) is 30.3 Å². The van der Waals surface area contributed by atoms with Crippen molar-refractivity contribution in [3.63, 3.8) is 0 Å². The molecule has 8 nitrogen and oxygen atoms in total. The predicted molar refractivity (Wildman–Crippen MR) is 95.4 cm³/mol. The molecular formula is C17H17ClN4O4. The van der Waals surface area contributed by atoms with E-state index in [4.69, 9.17) is 11.6 Å². The summed E-state index contributed by atoms with van der Waals surface area (Å²) in [4.78, 5) is 46.7. The lowest BCUT2D eigenvalue weighted by Crippen LogP contribution is -2.44. The molecule has 0 saturated heterocycles. The smallest absolute Gasteiger partial charge is 0.258 e. The van der Waals surface area contributed by atoms with Gasteiger partial charge in [0.2, 0.25) is 5.91 Å². The lowest BCUT2D eigenvalue weighted by molar-refractivity contribution is -0.129. The third-order valence-corrected chi connectivity index (χ3v) is 3.55. The van der Waals surface area contributed by atoms with Gasteiger partial charge in [-0.15, -0.1) is 0 Å². The summed E-state index contributed by atoms with van der Waals surface area (Å²) in [5.41, 5.74) is 4.54. The molecule has 0 fully saturated rings. The van der Waals surface area contributed by atoms with Gasteiger partial charge >= 0.3 is 0 Å². The molecule has 0 aliphatic heterocycles. The van der Waals surface area contributed by atoms with Crippen molar-refractivity contribution >= 4 is 29.3 Å². The first-order valence-electron chi connectivity index (χ1n) is 7.72. The van der Waals surface area contributed by atoms with E-state index < -0.39 is 11.8 Å². The van der Waals surface area contributed by atoms with E-state index in [2.05, 4.69) is 16.2 Å². The Morgan fingerprint density at radius 2 is 1.65 bits per heavy atom. The summed E-state index contributed by atoms with van der Waals surface area (Å²) in [6.07, 6.45) is 1.45. The summed E-state index contributed by atoms with van der Waals surface area (Å²) in [6, 6.07) is 10.9. The van der Waals surface area contributed by atoms with Crippen molar-refractivity contribution in [3.05, 3.63) is 69.6 Å². The van der Waals surface area contributed by atoms with Crippen LogP contribution in [0.5, 0.6) is 0 Å². The molecule has 3 amide bonds.